The lowest BCUT2D eigenvalue weighted by Crippen LogP contribution is -2.26. The predicted octanol–water partition coefficient (Wildman–Crippen LogP) is 3.68. The number of carbonyl (C=O) groups excluding carboxylic acids is 2. The van der Waals surface area contributed by atoms with E-state index in [9.17, 15) is 9.59 Å². The smallest absolute Gasteiger partial charge is 0.311 e. The Bertz CT molecular complexity index is 315. The first-order valence-electron chi connectivity index (χ1n) is 7.76. The summed E-state index contributed by atoms with van der Waals surface area (Å²) >= 11 is 1.61. The zero-order valence-electron chi connectivity index (χ0n) is 14.1. The molecule has 0 N–H and O–H groups in total. The Morgan fingerprint density at radius 3 is 2.38 bits per heavy atom. The van der Waals surface area contributed by atoms with E-state index in [-0.39, 0.29) is 17.9 Å². The maximum atomic E-state index is 11.7. The molecule has 0 fully saturated rings. The third-order valence-corrected chi connectivity index (χ3v) is 4.60. The first kappa shape index (κ1) is 20.3. The maximum absolute atomic E-state index is 11.7. The molecule has 0 saturated heterocycles. The van der Waals surface area contributed by atoms with Gasteiger partial charge in [0.25, 0.3) is 0 Å². The minimum absolute atomic E-state index is 0.116. The van der Waals surface area contributed by atoms with Crippen LogP contribution in [0.4, 0.5) is 0 Å². The number of hydrogen-bond donors (Lipinski definition) is 0. The topological polar surface area (TPSA) is 52.6 Å². The van der Waals surface area contributed by atoms with Crippen molar-refractivity contribution in [1.29, 1.82) is 0 Å². The molecule has 5 heteroatoms. The number of unbranched alkanes of at least 4 members (excludes halogenated alkanes) is 1. The van der Waals surface area contributed by atoms with Crippen molar-refractivity contribution >= 4 is 23.7 Å². The Morgan fingerprint density at radius 1 is 1.14 bits per heavy atom. The molecule has 0 saturated carbocycles. The molecular weight excluding hydrogens is 288 g/mol. The monoisotopic (exact) mass is 318 g/mol. The molecule has 4 nitrogen and oxygen atoms in total. The van der Waals surface area contributed by atoms with Gasteiger partial charge in [-0.25, -0.2) is 0 Å². The molecule has 21 heavy (non-hydrogen) atoms. The second-order valence-corrected chi connectivity index (χ2v) is 7.02. The summed E-state index contributed by atoms with van der Waals surface area (Å²) in [5.41, 5.74) is -0.416. The highest BCUT2D eigenvalue weighted by atomic mass is 32.2. The highest BCUT2D eigenvalue weighted by molar-refractivity contribution is 7.99. The van der Waals surface area contributed by atoms with Crippen LogP contribution in [0.5, 0.6) is 0 Å². The fourth-order valence-corrected chi connectivity index (χ4v) is 2.18. The van der Waals surface area contributed by atoms with E-state index in [2.05, 4.69) is 6.92 Å². The molecule has 0 aliphatic carbocycles. The lowest BCUT2D eigenvalue weighted by Gasteiger charge is -2.20. The van der Waals surface area contributed by atoms with E-state index in [1.165, 1.54) is 0 Å². The van der Waals surface area contributed by atoms with Crippen LogP contribution in [0, 0.1) is 11.3 Å². The average molecular weight is 318 g/mol. The van der Waals surface area contributed by atoms with E-state index < -0.39 is 5.41 Å². The van der Waals surface area contributed by atoms with Crippen LogP contribution < -0.4 is 0 Å². The summed E-state index contributed by atoms with van der Waals surface area (Å²) in [6.45, 7) is 10.6. The lowest BCUT2D eigenvalue weighted by atomic mass is 9.91. The van der Waals surface area contributed by atoms with E-state index in [1.807, 2.05) is 27.7 Å². The van der Waals surface area contributed by atoms with Crippen molar-refractivity contribution in [1.82, 2.24) is 0 Å². The van der Waals surface area contributed by atoms with E-state index in [0.717, 1.165) is 19.3 Å². The first-order chi connectivity index (χ1) is 9.85. The van der Waals surface area contributed by atoms with Crippen molar-refractivity contribution in [2.75, 3.05) is 24.7 Å². The van der Waals surface area contributed by atoms with Gasteiger partial charge in [0.15, 0.2) is 0 Å². The van der Waals surface area contributed by atoms with Crippen molar-refractivity contribution in [2.24, 2.45) is 11.3 Å². The van der Waals surface area contributed by atoms with Crippen LogP contribution >= 0.6 is 11.8 Å². The van der Waals surface area contributed by atoms with Gasteiger partial charge in [0.1, 0.15) is 6.61 Å². The summed E-state index contributed by atoms with van der Waals surface area (Å²) in [7, 11) is 0. The molecule has 1 atom stereocenters. The molecule has 0 aliphatic rings. The quantitative estimate of drug-likeness (QED) is 0.430. The van der Waals surface area contributed by atoms with Crippen molar-refractivity contribution < 1.29 is 19.1 Å². The number of thioether (sulfide) groups is 1. The minimum atomic E-state index is -0.416. The SMILES string of the molecule is CCCCOC(=O)C(C)CSCCOC(=O)C(C)(C)CC. The third kappa shape index (κ3) is 9.02. The molecule has 0 aliphatic heterocycles. The molecule has 0 aromatic rings. The molecule has 0 rings (SSSR count). The third-order valence-electron chi connectivity index (χ3n) is 3.41. The first-order valence-corrected chi connectivity index (χ1v) is 8.92. The van der Waals surface area contributed by atoms with Gasteiger partial charge < -0.3 is 9.47 Å². The highest BCUT2D eigenvalue weighted by Gasteiger charge is 2.26. The molecule has 124 valence electrons. The van der Waals surface area contributed by atoms with Gasteiger partial charge in [-0.2, -0.15) is 11.8 Å². The molecule has 0 aromatic carbocycles. The van der Waals surface area contributed by atoms with E-state index in [0.29, 0.717) is 24.7 Å². The van der Waals surface area contributed by atoms with Crippen LogP contribution in [0.15, 0.2) is 0 Å². The lowest BCUT2D eigenvalue weighted by molar-refractivity contribution is -0.153. The van der Waals surface area contributed by atoms with Crippen LogP contribution in [0.2, 0.25) is 0 Å². The molecule has 0 spiro atoms. The zero-order chi connectivity index (χ0) is 16.3. The molecule has 0 amide bonds. The predicted molar refractivity (Wildman–Crippen MR) is 87.4 cm³/mol. The molecule has 0 aromatic heterocycles. The van der Waals surface area contributed by atoms with Crippen LogP contribution in [0.25, 0.3) is 0 Å². The van der Waals surface area contributed by atoms with Gasteiger partial charge in [-0.15, -0.1) is 0 Å². The fourth-order valence-electron chi connectivity index (χ4n) is 1.32. The number of esters is 2. The van der Waals surface area contributed by atoms with Gasteiger partial charge in [0.05, 0.1) is 17.9 Å². The molecule has 1 unspecified atom stereocenters. The van der Waals surface area contributed by atoms with Gasteiger partial charge in [-0.1, -0.05) is 27.2 Å². The Hall–Kier alpha value is -0.710. The van der Waals surface area contributed by atoms with Crippen LogP contribution in [0.1, 0.15) is 53.9 Å². The van der Waals surface area contributed by atoms with Gasteiger partial charge in [-0.05, 0) is 26.7 Å². The van der Waals surface area contributed by atoms with Gasteiger partial charge >= 0.3 is 11.9 Å². The minimum Gasteiger partial charge on any atom is -0.465 e. The van der Waals surface area contributed by atoms with Crippen molar-refractivity contribution in [3.05, 3.63) is 0 Å². The zero-order valence-corrected chi connectivity index (χ0v) is 14.9. The summed E-state index contributed by atoms with van der Waals surface area (Å²) in [6, 6.07) is 0. The Morgan fingerprint density at radius 2 is 1.81 bits per heavy atom. The van der Waals surface area contributed by atoms with Gasteiger partial charge in [0, 0.05) is 11.5 Å². The molecular formula is C16H30O4S. The number of carbonyl (C=O) groups is 2. The average Bonchev–Trinajstić information content (AvgIpc) is 2.46. The summed E-state index contributed by atoms with van der Waals surface area (Å²) in [5, 5.41) is 0. The summed E-state index contributed by atoms with van der Waals surface area (Å²) in [4.78, 5) is 23.4. The molecule has 0 heterocycles. The molecule has 0 bridgehead atoms. The second-order valence-electron chi connectivity index (χ2n) is 5.87. The van der Waals surface area contributed by atoms with Crippen molar-refractivity contribution in [2.45, 2.75) is 53.9 Å². The highest BCUT2D eigenvalue weighted by Crippen LogP contribution is 2.21. The summed E-state index contributed by atoms with van der Waals surface area (Å²) < 4.78 is 10.4. The largest absolute Gasteiger partial charge is 0.465 e. The second kappa shape index (κ2) is 10.9. The standard InChI is InChI=1S/C16H30O4S/c1-6-8-9-19-14(17)13(3)12-21-11-10-20-15(18)16(4,5)7-2/h13H,6-12H2,1-5H3. The van der Waals surface area contributed by atoms with Crippen molar-refractivity contribution in [3.8, 4) is 0 Å². The van der Waals surface area contributed by atoms with Crippen LogP contribution in [-0.2, 0) is 19.1 Å². The number of hydrogen-bond acceptors (Lipinski definition) is 5. The normalized spacial score (nSPS) is 12.8. The van der Waals surface area contributed by atoms with Gasteiger partial charge in [0.2, 0.25) is 0 Å². The van der Waals surface area contributed by atoms with Gasteiger partial charge in [-0.3, -0.25) is 9.59 Å². The van der Waals surface area contributed by atoms with Crippen LogP contribution in [-0.4, -0.2) is 36.7 Å². The Labute approximate surface area is 133 Å². The van der Waals surface area contributed by atoms with E-state index >= 15 is 0 Å². The Kier molecular flexibility index (Phi) is 10.6. The Balaban J connectivity index is 3.71. The fraction of sp³-hybridized carbons (Fsp3) is 0.875. The van der Waals surface area contributed by atoms with E-state index in [1.54, 1.807) is 11.8 Å². The molecule has 0 radical (unpaired) electrons. The number of ether oxygens (including phenoxy) is 2. The summed E-state index contributed by atoms with van der Waals surface area (Å²) in [5.74, 6) is 0.991. The van der Waals surface area contributed by atoms with E-state index in [4.69, 9.17) is 9.47 Å². The number of rotatable bonds is 11. The van der Waals surface area contributed by atoms with Crippen LogP contribution in [0.3, 0.4) is 0 Å². The van der Waals surface area contributed by atoms with Crippen molar-refractivity contribution in [3.63, 3.8) is 0 Å². The maximum Gasteiger partial charge on any atom is 0.311 e. The summed E-state index contributed by atoms with van der Waals surface area (Å²) in [6.07, 6.45) is 2.70.